The average Bonchev–Trinajstić information content (AvgIpc) is 2.73. The van der Waals surface area contributed by atoms with Crippen LogP contribution in [0, 0.1) is 0 Å². The van der Waals surface area contributed by atoms with Crippen molar-refractivity contribution in [3.63, 3.8) is 0 Å². The molecule has 1 aliphatic heterocycles. The van der Waals surface area contributed by atoms with Crippen molar-refractivity contribution < 1.29 is 13.9 Å². The molecule has 0 amide bonds. The van der Waals surface area contributed by atoms with Crippen molar-refractivity contribution in [2.45, 2.75) is 5.79 Å². The van der Waals surface area contributed by atoms with Gasteiger partial charge in [0.05, 0.1) is 18.1 Å². The number of alkyl halides is 1. The standard InChI is InChI=1S/C8H8BrFO2S/c9-6-1-4-13-7(6)8(5-10)11-2-3-12-8/h1,4H,2-3,5H2. The summed E-state index contributed by atoms with van der Waals surface area (Å²) in [6.07, 6.45) is 0. The van der Waals surface area contributed by atoms with Gasteiger partial charge >= 0.3 is 0 Å². The highest BCUT2D eigenvalue weighted by Gasteiger charge is 2.41. The summed E-state index contributed by atoms with van der Waals surface area (Å²) < 4.78 is 24.3. The van der Waals surface area contributed by atoms with Crippen LogP contribution in [0.4, 0.5) is 4.39 Å². The third kappa shape index (κ3) is 1.54. The molecule has 1 aliphatic rings. The lowest BCUT2D eigenvalue weighted by molar-refractivity contribution is -0.174. The van der Waals surface area contributed by atoms with Gasteiger partial charge in [-0.2, -0.15) is 0 Å². The first-order valence-electron chi connectivity index (χ1n) is 3.86. The molecule has 0 aliphatic carbocycles. The van der Waals surface area contributed by atoms with E-state index in [0.29, 0.717) is 13.2 Å². The normalized spacial score (nSPS) is 20.8. The average molecular weight is 267 g/mol. The van der Waals surface area contributed by atoms with Gasteiger partial charge in [0.15, 0.2) is 0 Å². The molecule has 1 aromatic heterocycles. The predicted octanol–water partition coefficient (Wildman–Crippen LogP) is 2.68. The van der Waals surface area contributed by atoms with Gasteiger partial charge in [0.1, 0.15) is 6.67 Å². The van der Waals surface area contributed by atoms with Gasteiger partial charge in [-0.1, -0.05) is 0 Å². The van der Waals surface area contributed by atoms with E-state index in [1.807, 2.05) is 11.4 Å². The molecular formula is C8H8BrFO2S. The summed E-state index contributed by atoms with van der Waals surface area (Å²) in [6.45, 7) is 0.259. The summed E-state index contributed by atoms with van der Waals surface area (Å²) in [4.78, 5) is 0.771. The Labute approximate surface area is 87.8 Å². The van der Waals surface area contributed by atoms with Crippen LogP contribution < -0.4 is 0 Å². The second-order valence-corrected chi connectivity index (χ2v) is 4.45. The molecule has 1 fully saturated rings. The van der Waals surface area contributed by atoms with Crippen molar-refractivity contribution in [2.24, 2.45) is 0 Å². The molecule has 72 valence electrons. The van der Waals surface area contributed by atoms with Crippen molar-refractivity contribution in [3.8, 4) is 0 Å². The number of hydrogen-bond acceptors (Lipinski definition) is 3. The van der Waals surface area contributed by atoms with Crippen LogP contribution in [0.2, 0.25) is 0 Å². The third-order valence-electron chi connectivity index (χ3n) is 1.89. The molecule has 5 heteroatoms. The molecule has 0 saturated carbocycles. The van der Waals surface area contributed by atoms with E-state index in [1.54, 1.807) is 0 Å². The van der Waals surface area contributed by atoms with Gasteiger partial charge in [0.2, 0.25) is 5.79 Å². The molecular weight excluding hydrogens is 259 g/mol. The first-order valence-corrected chi connectivity index (χ1v) is 5.53. The minimum Gasteiger partial charge on any atom is -0.341 e. The van der Waals surface area contributed by atoms with Crippen LogP contribution in [0.1, 0.15) is 4.88 Å². The second-order valence-electron chi connectivity index (χ2n) is 2.68. The van der Waals surface area contributed by atoms with E-state index in [-0.39, 0.29) is 0 Å². The van der Waals surface area contributed by atoms with Gasteiger partial charge in [0.25, 0.3) is 0 Å². The van der Waals surface area contributed by atoms with E-state index < -0.39 is 12.5 Å². The van der Waals surface area contributed by atoms with Crippen LogP contribution in [0.3, 0.4) is 0 Å². The smallest absolute Gasteiger partial charge is 0.235 e. The molecule has 2 nitrogen and oxygen atoms in total. The maximum absolute atomic E-state index is 12.8. The van der Waals surface area contributed by atoms with Crippen LogP contribution >= 0.6 is 27.3 Å². The quantitative estimate of drug-likeness (QED) is 0.820. The minimum absolute atomic E-state index is 0.453. The van der Waals surface area contributed by atoms with Crippen molar-refractivity contribution in [2.75, 3.05) is 19.9 Å². The number of hydrogen-bond donors (Lipinski definition) is 0. The van der Waals surface area contributed by atoms with E-state index in [2.05, 4.69) is 15.9 Å². The van der Waals surface area contributed by atoms with E-state index in [1.165, 1.54) is 11.3 Å². The Balaban J connectivity index is 2.36. The molecule has 2 heterocycles. The molecule has 0 atom stereocenters. The highest BCUT2D eigenvalue weighted by atomic mass is 79.9. The van der Waals surface area contributed by atoms with Crippen LogP contribution in [0.5, 0.6) is 0 Å². The largest absolute Gasteiger partial charge is 0.341 e. The molecule has 0 radical (unpaired) electrons. The van der Waals surface area contributed by atoms with Crippen LogP contribution in [-0.4, -0.2) is 19.9 Å². The zero-order valence-corrected chi connectivity index (χ0v) is 9.16. The van der Waals surface area contributed by atoms with E-state index in [4.69, 9.17) is 9.47 Å². The van der Waals surface area contributed by atoms with Gasteiger partial charge in [-0.25, -0.2) is 4.39 Å². The maximum Gasteiger partial charge on any atom is 0.235 e. The molecule has 13 heavy (non-hydrogen) atoms. The summed E-state index contributed by atoms with van der Waals surface area (Å²) in [5.41, 5.74) is 0. The van der Waals surface area contributed by atoms with Gasteiger partial charge in [-0.3, -0.25) is 0 Å². The number of thiophene rings is 1. The molecule has 0 spiro atoms. The number of halogens is 2. The van der Waals surface area contributed by atoms with E-state index >= 15 is 0 Å². The van der Waals surface area contributed by atoms with Gasteiger partial charge in [-0.15, -0.1) is 11.3 Å². The lowest BCUT2D eigenvalue weighted by atomic mass is 10.2. The van der Waals surface area contributed by atoms with Crippen molar-refractivity contribution in [3.05, 3.63) is 20.8 Å². The SMILES string of the molecule is FCC1(c2sccc2Br)OCCO1. The topological polar surface area (TPSA) is 18.5 Å². The summed E-state index contributed by atoms with van der Waals surface area (Å²) >= 11 is 4.77. The lowest BCUT2D eigenvalue weighted by Crippen LogP contribution is -2.28. The van der Waals surface area contributed by atoms with E-state index in [0.717, 1.165) is 9.35 Å². The Hall–Kier alpha value is 0.0300. The van der Waals surface area contributed by atoms with E-state index in [9.17, 15) is 4.39 Å². The van der Waals surface area contributed by atoms with Crippen LogP contribution in [0.15, 0.2) is 15.9 Å². The molecule has 1 aromatic rings. The summed E-state index contributed by atoms with van der Waals surface area (Å²) in [5, 5.41) is 1.88. The Morgan fingerprint density at radius 1 is 1.54 bits per heavy atom. The summed E-state index contributed by atoms with van der Waals surface area (Å²) in [6, 6.07) is 1.86. The first-order chi connectivity index (χ1) is 6.28. The van der Waals surface area contributed by atoms with Gasteiger partial charge in [0, 0.05) is 4.47 Å². The van der Waals surface area contributed by atoms with Gasteiger partial charge < -0.3 is 9.47 Å². The summed E-state index contributed by atoms with van der Waals surface area (Å²) in [5.74, 6) is -1.15. The zero-order valence-electron chi connectivity index (χ0n) is 6.76. The first kappa shape index (κ1) is 9.58. The fourth-order valence-corrected chi connectivity index (χ4v) is 3.05. The van der Waals surface area contributed by atoms with Gasteiger partial charge in [-0.05, 0) is 27.4 Å². The van der Waals surface area contributed by atoms with Crippen molar-refractivity contribution in [1.82, 2.24) is 0 Å². The highest BCUT2D eigenvalue weighted by Crippen LogP contribution is 2.39. The van der Waals surface area contributed by atoms with Crippen molar-refractivity contribution in [1.29, 1.82) is 0 Å². The summed E-state index contributed by atoms with van der Waals surface area (Å²) in [7, 11) is 0. The fraction of sp³-hybridized carbons (Fsp3) is 0.500. The molecule has 2 rings (SSSR count). The Bertz CT molecular complexity index is 296. The lowest BCUT2D eigenvalue weighted by Gasteiger charge is -2.22. The van der Waals surface area contributed by atoms with Crippen molar-refractivity contribution >= 4 is 27.3 Å². The minimum atomic E-state index is -1.15. The number of ether oxygens (including phenoxy) is 2. The molecule has 0 N–H and O–H groups in total. The second kappa shape index (κ2) is 3.65. The maximum atomic E-state index is 12.8. The van der Waals surface area contributed by atoms with Crippen LogP contribution in [0.25, 0.3) is 0 Å². The third-order valence-corrected chi connectivity index (χ3v) is 3.85. The Morgan fingerprint density at radius 3 is 2.69 bits per heavy atom. The molecule has 0 unspecified atom stereocenters. The molecule has 0 aromatic carbocycles. The molecule has 1 saturated heterocycles. The fourth-order valence-electron chi connectivity index (χ4n) is 1.29. The Morgan fingerprint density at radius 2 is 2.23 bits per heavy atom. The number of rotatable bonds is 2. The predicted molar refractivity (Wildman–Crippen MR) is 51.6 cm³/mol. The Kier molecular flexibility index (Phi) is 2.69. The van der Waals surface area contributed by atoms with Crippen LogP contribution in [-0.2, 0) is 15.3 Å². The molecule has 0 bridgehead atoms. The monoisotopic (exact) mass is 266 g/mol. The highest BCUT2D eigenvalue weighted by molar-refractivity contribution is 9.10. The zero-order chi connectivity index (χ0) is 9.31.